The zero-order valence-electron chi connectivity index (χ0n) is 28.5. The molecule has 0 aliphatic carbocycles. The first-order valence-corrected chi connectivity index (χ1v) is 20.1. The van der Waals surface area contributed by atoms with E-state index >= 15 is 0 Å². The predicted molar refractivity (Wildman–Crippen MR) is 191 cm³/mol. The number of hydrogen-bond acceptors (Lipinski definition) is 10. The van der Waals surface area contributed by atoms with Crippen molar-refractivity contribution in [1.29, 1.82) is 0 Å². The summed E-state index contributed by atoms with van der Waals surface area (Å²) in [4.78, 5) is 52.9. The fourth-order valence-electron chi connectivity index (χ4n) is 4.71. The van der Waals surface area contributed by atoms with Crippen molar-refractivity contribution in [2.75, 3.05) is 12.4 Å². The van der Waals surface area contributed by atoms with Gasteiger partial charge in [-0.05, 0) is 54.5 Å². The molecule has 260 valence electrons. The van der Waals surface area contributed by atoms with Crippen LogP contribution in [0.3, 0.4) is 0 Å². The Labute approximate surface area is 293 Å². The summed E-state index contributed by atoms with van der Waals surface area (Å²) in [5.74, 6) is -1.94. The van der Waals surface area contributed by atoms with Gasteiger partial charge in [0.25, 0.3) is 0 Å². The van der Waals surface area contributed by atoms with Crippen LogP contribution >= 0.6 is 11.8 Å². The number of esters is 3. The van der Waals surface area contributed by atoms with E-state index in [9.17, 15) is 19.2 Å². The van der Waals surface area contributed by atoms with Gasteiger partial charge in [0.15, 0.2) is 39.0 Å². The van der Waals surface area contributed by atoms with Gasteiger partial charge in [-0.15, -0.1) is 18.3 Å². The average Bonchev–Trinajstić information content (AvgIpc) is 3.10. The highest BCUT2D eigenvalue weighted by Crippen LogP contribution is 2.38. The predicted octanol–water partition coefficient (Wildman–Crippen LogP) is 7.14. The van der Waals surface area contributed by atoms with E-state index in [4.69, 9.17) is 23.4 Å². The number of hydrogen-bond donors (Lipinski definition) is 0. The molecule has 3 aromatic rings. The number of carbonyl (C=O) groups is 4. The Morgan fingerprint density at radius 2 is 1.20 bits per heavy atom. The van der Waals surface area contributed by atoms with Crippen molar-refractivity contribution in [1.82, 2.24) is 0 Å². The Morgan fingerprint density at radius 1 is 0.776 bits per heavy atom. The highest BCUT2D eigenvalue weighted by atomic mass is 32.2. The first-order valence-electron chi connectivity index (χ1n) is 16.1. The standard InChI is InChI=1S/C38H44O9SSi/c1-7-26(24-43-49(5,6)38(2,3)4)25-48-37-33(47-36(42)29-21-15-10-16-22-29)32(46-35(41)28-19-13-9-14-20-28)31(30(23-39)44-37)45-34(40)27-17-11-8-12-18-27/h7-23,26,30-33,37H,1,24-25H2,2-6H3. The van der Waals surface area contributed by atoms with Gasteiger partial charge in [0.1, 0.15) is 5.44 Å². The van der Waals surface area contributed by atoms with Gasteiger partial charge in [-0.25, -0.2) is 14.4 Å². The minimum absolute atomic E-state index is 0.00824. The summed E-state index contributed by atoms with van der Waals surface area (Å²) in [5.41, 5.74) is -0.318. The number of aldehydes is 1. The Balaban J connectivity index is 1.69. The summed E-state index contributed by atoms with van der Waals surface area (Å²) >= 11 is 1.27. The zero-order valence-corrected chi connectivity index (χ0v) is 30.3. The van der Waals surface area contributed by atoms with Crippen LogP contribution in [0.2, 0.25) is 18.1 Å². The van der Waals surface area contributed by atoms with Crippen LogP contribution in [0.25, 0.3) is 0 Å². The Kier molecular flexibility index (Phi) is 13.2. The third-order valence-corrected chi connectivity index (χ3v) is 14.5. The van der Waals surface area contributed by atoms with E-state index in [1.807, 2.05) is 0 Å². The molecule has 1 heterocycles. The third kappa shape index (κ3) is 10.0. The lowest BCUT2D eigenvalue weighted by Gasteiger charge is -2.43. The maximum Gasteiger partial charge on any atom is 0.338 e. The lowest BCUT2D eigenvalue weighted by molar-refractivity contribution is -0.195. The molecule has 1 aliphatic heterocycles. The lowest BCUT2D eigenvalue weighted by atomic mass is 9.99. The number of ether oxygens (including phenoxy) is 4. The van der Waals surface area contributed by atoms with Gasteiger partial charge in [-0.1, -0.05) is 81.4 Å². The first-order chi connectivity index (χ1) is 23.3. The lowest BCUT2D eigenvalue weighted by Crippen LogP contribution is -2.61. The van der Waals surface area contributed by atoms with Gasteiger partial charge >= 0.3 is 17.9 Å². The van der Waals surface area contributed by atoms with Gasteiger partial charge in [-0.2, -0.15) is 0 Å². The number of carbonyl (C=O) groups excluding carboxylic acids is 4. The summed E-state index contributed by atoms with van der Waals surface area (Å²) in [7, 11) is -2.07. The summed E-state index contributed by atoms with van der Waals surface area (Å²) in [6.07, 6.45) is -3.21. The fraction of sp³-hybridized carbons (Fsp3) is 0.368. The second-order valence-corrected chi connectivity index (χ2v) is 19.2. The normalized spacial score (nSPS) is 21.5. The molecule has 4 rings (SSSR count). The van der Waals surface area contributed by atoms with Gasteiger partial charge in [0.2, 0.25) is 0 Å². The smallest absolute Gasteiger partial charge is 0.338 e. The van der Waals surface area contributed by atoms with Gasteiger partial charge < -0.3 is 28.2 Å². The number of rotatable bonds is 14. The van der Waals surface area contributed by atoms with Crippen molar-refractivity contribution in [3.63, 3.8) is 0 Å². The summed E-state index contributed by atoms with van der Waals surface area (Å²) in [6, 6.07) is 24.7. The van der Waals surface area contributed by atoms with Crippen molar-refractivity contribution in [3.8, 4) is 0 Å². The molecule has 1 saturated heterocycles. The van der Waals surface area contributed by atoms with Crippen LogP contribution in [0.1, 0.15) is 51.8 Å². The molecule has 1 fully saturated rings. The molecule has 3 aromatic carbocycles. The number of thioether (sulfide) groups is 1. The van der Waals surface area contributed by atoms with Crippen molar-refractivity contribution >= 4 is 44.3 Å². The van der Waals surface area contributed by atoms with Crippen molar-refractivity contribution < 1.29 is 42.6 Å². The fourth-order valence-corrected chi connectivity index (χ4v) is 7.05. The van der Waals surface area contributed by atoms with Crippen LogP contribution in [0.5, 0.6) is 0 Å². The van der Waals surface area contributed by atoms with E-state index in [2.05, 4.69) is 40.4 Å². The van der Waals surface area contributed by atoms with E-state index in [1.165, 1.54) is 11.8 Å². The van der Waals surface area contributed by atoms with Crippen LogP contribution in [0, 0.1) is 5.92 Å². The molecule has 1 aliphatic rings. The molecule has 6 atom stereocenters. The topological polar surface area (TPSA) is 114 Å². The highest BCUT2D eigenvalue weighted by Gasteiger charge is 2.53. The molecular weight excluding hydrogens is 661 g/mol. The van der Waals surface area contributed by atoms with E-state index in [-0.39, 0.29) is 27.6 Å². The third-order valence-electron chi connectivity index (χ3n) is 8.70. The molecule has 0 aromatic heterocycles. The van der Waals surface area contributed by atoms with Crippen LogP contribution in [0.15, 0.2) is 104 Å². The molecule has 0 saturated carbocycles. The second-order valence-electron chi connectivity index (χ2n) is 13.2. The molecule has 11 heteroatoms. The van der Waals surface area contributed by atoms with Crippen LogP contribution in [-0.2, 0) is 28.2 Å². The van der Waals surface area contributed by atoms with Gasteiger partial charge in [0.05, 0.1) is 16.7 Å². The Morgan fingerprint density at radius 3 is 1.61 bits per heavy atom. The largest absolute Gasteiger partial charge is 0.451 e. The summed E-state index contributed by atoms with van der Waals surface area (Å²) in [5, 5.41) is 0.00824. The average molecular weight is 705 g/mol. The molecule has 0 amide bonds. The summed E-state index contributed by atoms with van der Waals surface area (Å²) < 4.78 is 30.6. The van der Waals surface area contributed by atoms with Crippen molar-refractivity contribution in [2.24, 2.45) is 5.92 Å². The highest BCUT2D eigenvalue weighted by molar-refractivity contribution is 7.99. The maximum atomic E-state index is 13.5. The molecule has 9 nitrogen and oxygen atoms in total. The van der Waals surface area contributed by atoms with E-state index in [0.29, 0.717) is 18.6 Å². The first kappa shape index (κ1) is 37.8. The Hall–Kier alpha value is -4.03. The molecule has 49 heavy (non-hydrogen) atoms. The van der Waals surface area contributed by atoms with Crippen LogP contribution in [-0.4, -0.2) is 74.7 Å². The molecule has 0 N–H and O–H groups in total. The van der Waals surface area contributed by atoms with Crippen molar-refractivity contribution in [2.45, 2.75) is 68.8 Å². The molecule has 6 unspecified atom stereocenters. The van der Waals surface area contributed by atoms with Crippen LogP contribution in [0.4, 0.5) is 0 Å². The van der Waals surface area contributed by atoms with Gasteiger partial charge in [-0.3, -0.25) is 0 Å². The van der Waals surface area contributed by atoms with E-state index in [0.717, 1.165) is 0 Å². The molecule has 0 spiro atoms. The van der Waals surface area contributed by atoms with E-state index in [1.54, 1.807) is 97.1 Å². The molecule has 0 bridgehead atoms. The monoisotopic (exact) mass is 704 g/mol. The minimum Gasteiger partial charge on any atom is -0.451 e. The Bertz CT molecular complexity index is 1560. The molecular formula is C38H44O9SSi. The van der Waals surface area contributed by atoms with Gasteiger partial charge in [0, 0.05) is 18.3 Å². The molecule has 0 radical (unpaired) electrons. The SMILES string of the molecule is C=CC(CO[Si](C)(C)C(C)(C)C)CSC1OC(C=O)C(OC(=O)c2ccccc2)C(OC(=O)c2ccccc2)C1OC(=O)c1ccccc1. The quantitative estimate of drug-likeness (QED) is 0.0564. The summed E-state index contributed by atoms with van der Waals surface area (Å²) in [6.45, 7) is 15.2. The second kappa shape index (κ2) is 17.1. The number of benzene rings is 3. The minimum atomic E-state index is -2.07. The van der Waals surface area contributed by atoms with Crippen molar-refractivity contribution in [3.05, 3.63) is 120 Å². The van der Waals surface area contributed by atoms with E-state index < -0.39 is 56.1 Å². The zero-order chi connectivity index (χ0) is 35.6. The van der Waals surface area contributed by atoms with Crippen LogP contribution < -0.4 is 0 Å². The maximum absolute atomic E-state index is 13.5.